The summed E-state index contributed by atoms with van der Waals surface area (Å²) in [5.74, 6) is -0.391. The zero-order valence-electron chi connectivity index (χ0n) is 9.08. The van der Waals surface area contributed by atoms with Gasteiger partial charge in [-0.15, -0.1) is 0 Å². The van der Waals surface area contributed by atoms with E-state index in [0.717, 1.165) is 0 Å². The van der Waals surface area contributed by atoms with Gasteiger partial charge in [0.1, 0.15) is 30.9 Å². The van der Waals surface area contributed by atoms with Crippen molar-refractivity contribution >= 4 is 5.91 Å². The molecule has 0 aromatic rings. The Hall–Kier alpha value is -0.730. The summed E-state index contributed by atoms with van der Waals surface area (Å²) in [4.78, 5) is 10.9. The van der Waals surface area contributed by atoms with E-state index < -0.39 is 36.3 Å². The number of aliphatic hydroxyl groups excluding tert-OH is 4. The Morgan fingerprint density at radius 3 is 2.50 bits per heavy atom. The molecule has 1 aliphatic heterocycles. The van der Waals surface area contributed by atoms with Crippen molar-refractivity contribution in [2.24, 2.45) is 0 Å². The molecule has 0 saturated carbocycles. The van der Waals surface area contributed by atoms with Gasteiger partial charge in [0.05, 0.1) is 12.6 Å². The number of rotatable bonds is 2. The third-order valence-electron chi connectivity index (χ3n) is 2.83. The largest absolute Gasteiger partial charge is 0.390 e. The lowest BCUT2D eigenvalue weighted by Crippen LogP contribution is -2.94. The molecule has 7 heteroatoms. The van der Waals surface area contributed by atoms with E-state index in [9.17, 15) is 20.1 Å². The molecule has 7 N–H and O–H groups in total. The smallest absolute Gasteiger partial charge is 0.217 e. The molecule has 0 radical (unpaired) electrons. The first-order chi connectivity index (χ1) is 7.47. The van der Waals surface area contributed by atoms with E-state index in [1.54, 1.807) is 5.32 Å². The molecule has 0 aromatic carbocycles. The predicted octanol–water partition coefficient (Wildman–Crippen LogP) is -4.49. The molecule has 0 spiro atoms. The quantitative estimate of drug-likeness (QED) is 0.288. The van der Waals surface area contributed by atoms with Crippen LogP contribution in [-0.2, 0) is 4.79 Å². The van der Waals surface area contributed by atoms with E-state index in [4.69, 9.17) is 5.11 Å². The molecule has 1 saturated heterocycles. The number of aliphatic hydroxyl groups is 4. The fraction of sp³-hybridized carbons (Fsp3) is 0.889. The molecular formula is C9H19N2O5+. The van der Waals surface area contributed by atoms with Gasteiger partial charge in [-0.05, 0) is 0 Å². The van der Waals surface area contributed by atoms with Crippen LogP contribution in [0.2, 0.25) is 0 Å². The minimum atomic E-state index is -1.30. The van der Waals surface area contributed by atoms with Gasteiger partial charge < -0.3 is 31.1 Å². The summed E-state index contributed by atoms with van der Waals surface area (Å²) in [6, 6.07) is -1.51. The lowest BCUT2D eigenvalue weighted by Gasteiger charge is -2.27. The van der Waals surface area contributed by atoms with Crippen molar-refractivity contribution in [3.05, 3.63) is 0 Å². The van der Waals surface area contributed by atoms with E-state index in [1.807, 2.05) is 0 Å². The molecule has 1 fully saturated rings. The zero-order chi connectivity index (χ0) is 12.3. The predicted molar refractivity (Wildman–Crippen MR) is 53.3 cm³/mol. The van der Waals surface area contributed by atoms with Gasteiger partial charge in [-0.3, -0.25) is 4.79 Å². The minimum absolute atomic E-state index is 0.199. The molecule has 0 aromatic heterocycles. The summed E-state index contributed by atoms with van der Waals surface area (Å²) in [5.41, 5.74) is 0. The van der Waals surface area contributed by atoms with Gasteiger partial charge in [0.25, 0.3) is 0 Å². The van der Waals surface area contributed by atoms with Crippen LogP contribution in [0.1, 0.15) is 6.92 Å². The lowest BCUT2D eigenvalue weighted by atomic mass is 9.98. The van der Waals surface area contributed by atoms with E-state index in [-0.39, 0.29) is 13.2 Å². The number of nitrogens with two attached hydrogens (primary N) is 1. The number of hydrogen-bond acceptors (Lipinski definition) is 5. The highest BCUT2D eigenvalue weighted by Crippen LogP contribution is 2.09. The zero-order valence-corrected chi connectivity index (χ0v) is 9.08. The second-order valence-corrected chi connectivity index (χ2v) is 4.09. The van der Waals surface area contributed by atoms with Crippen molar-refractivity contribution in [2.75, 3.05) is 13.2 Å². The molecule has 16 heavy (non-hydrogen) atoms. The normalized spacial score (nSPS) is 40.2. The van der Waals surface area contributed by atoms with Crippen LogP contribution in [-0.4, -0.2) is 69.9 Å². The Kier molecular flexibility index (Phi) is 4.63. The van der Waals surface area contributed by atoms with Crippen LogP contribution in [0, 0.1) is 0 Å². The molecule has 0 bridgehead atoms. The van der Waals surface area contributed by atoms with Crippen molar-refractivity contribution in [3.8, 4) is 0 Å². The maximum absolute atomic E-state index is 10.9. The highest BCUT2D eigenvalue weighted by Gasteiger charge is 2.42. The van der Waals surface area contributed by atoms with Crippen LogP contribution in [0.4, 0.5) is 0 Å². The minimum Gasteiger partial charge on any atom is -0.390 e. The van der Waals surface area contributed by atoms with Gasteiger partial charge in [0.15, 0.2) is 0 Å². The van der Waals surface area contributed by atoms with Crippen molar-refractivity contribution < 1.29 is 30.5 Å². The van der Waals surface area contributed by atoms with Crippen molar-refractivity contribution in [2.45, 2.75) is 37.3 Å². The lowest BCUT2D eigenvalue weighted by molar-refractivity contribution is -0.700. The molecule has 5 atom stereocenters. The first-order valence-corrected chi connectivity index (χ1v) is 5.23. The maximum atomic E-state index is 10.9. The number of quaternary nitrogens is 1. The Morgan fingerprint density at radius 2 is 2.00 bits per heavy atom. The van der Waals surface area contributed by atoms with Crippen LogP contribution in [0.25, 0.3) is 0 Å². The molecule has 94 valence electrons. The average molecular weight is 235 g/mol. The third kappa shape index (κ3) is 2.89. The summed E-state index contributed by atoms with van der Waals surface area (Å²) in [5, 5.41) is 42.1. The topological polar surface area (TPSA) is 127 Å². The maximum Gasteiger partial charge on any atom is 0.217 e. The van der Waals surface area contributed by atoms with Crippen LogP contribution in [0.3, 0.4) is 0 Å². The summed E-state index contributed by atoms with van der Waals surface area (Å²) >= 11 is 0. The molecule has 1 amide bonds. The fourth-order valence-corrected chi connectivity index (χ4v) is 1.89. The first-order valence-electron chi connectivity index (χ1n) is 5.23. The molecule has 7 nitrogen and oxygen atoms in total. The van der Waals surface area contributed by atoms with Crippen LogP contribution >= 0.6 is 0 Å². The molecule has 0 unspecified atom stereocenters. The van der Waals surface area contributed by atoms with E-state index in [0.29, 0.717) is 0 Å². The SMILES string of the molecule is CC(=O)N[C@@H]1[C@@H](O)[C@H](O)[C@@H](CO)[NH2+]C[C@H]1O. The molecule has 1 aliphatic rings. The van der Waals surface area contributed by atoms with E-state index >= 15 is 0 Å². The molecule has 1 heterocycles. The highest BCUT2D eigenvalue weighted by atomic mass is 16.3. The number of nitrogens with one attached hydrogen (secondary N) is 1. The number of hydrogen-bond donors (Lipinski definition) is 6. The molecular weight excluding hydrogens is 216 g/mol. The summed E-state index contributed by atoms with van der Waals surface area (Å²) in [6.07, 6.45) is -3.46. The first kappa shape index (κ1) is 13.3. The second-order valence-electron chi connectivity index (χ2n) is 4.09. The van der Waals surface area contributed by atoms with Crippen LogP contribution in [0.5, 0.6) is 0 Å². The van der Waals surface area contributed by atoms with Gasteiger partial charge in [-0.2, -0.15) is 0 Å². The monoisotopic (exact) mass is 235 g/mol. The van der Waals surface area contributed by atoms with Crippen molar-refractivity contribution in [3.63, 3.8) is 0 Å². The average Bonchev–Trinajstić information content (AvgIpc) is 2.32. The Morgan fingerprint density at radius 1 is 1.38 bits per heavy atom. The van der Waals surface area contributed by atoms with Crippen molar-refractivity contribution in [1.29, 1.82) is 0 Å². The van der Waals surface area contributed by atoms with Crippen LogP contribution < -0.4 is 10.6 Å². The third-order valence-corrected chi connectivity index (χ3v) is 2.83. The molecule has 1 rings (SSSR count). The Balaban J connectivity index is 2.78. The van der Waals surface area contributed by atoms with E-state index in [2.05, 4.69) is 5.32 Å². The molecule has 0 aliphatic carbocycles. The second kappa shape index (κ2) is 5.55. The van der Waals surface area contributed by atoms with Gasteiger partial charge >= 0.3 is 0 Å². The van der Waals surface area contributed by atoms with Gasteiger partial charge in [-0.1, -0.05) is 0 Å². The van der Waals surface area contributed by atoms with Crippen molar-refractivity contribution in [1.82, 2.24) is 5.32 Å². The van der Waals surface area contributed by atoms with Gasteiger partial charge in [0.2, 0.25) is 5.91 Å². The number of carbonyl (C=O) groups excluding carboxylic acids is 1. The fourth-order valence-electron chi connectivity index (χ4n) is 1.89. The summed E-state index contributed by atoms with van der Waals surface area (Å²) in [7, 11) is 0. The van der Waals surface area contributed by atoms with E-state index in [1.165, 1.54) is 6.92 Å². The number of amides is 1. The Labute approximate surface area is 93.1 Å². The van der Waals surface area contributed by atoms with Gasteiger partial charge in [-0.25, -0.2) is 0 Å². The van der Waals surface area contributed by atoms with Gasteiger partial charge in [0, 0.05) is 6.92 Å². The highest BCUT2D eigenvalue weighted by molar-refractivity contribution is 5.73. The summed E-state index contributed by atoms with van der Waals surface area (Å²) in [6.45, 7) is 1.16. The standard InChI is InChI=1S/C9H18N2O5/c1-4(13)11-7-6(14)2-10-5(3-12)8(15)9(7)16/h5-10,12,14-16H,2-3H2,1H3,(H,11,13)/p+1/t5-,6-,7+,8-,9-/m1/s1. The summed E-state index contributed by atoms with van der Waals surface area (Å²) < 4.78 is 0. The Bertz CT molecular complexity index is 250. The van der Waals surface area contributed by atoms with Crippen LogP contribution in [0.15, 0.2) is 0 Å². The number of carbonyl (C=O) groups is 1.